The van der Waals surface area contributed by atoms with E-state index in [1.54, 1.807) is 24.5 Å². The number of benzene rings is 1. The summed E-state index contributed by atoms with van der Waals surface area (Å²) in [6.07, 6.45) is 7.04. The number of piperidine rings is 1. The van der Waals surface area contributed by atoms with E-state index in [0.717, 1.165) is 24.4 Å². The van der Waals surface area contributed by atoms with E-state index in [-0.39, 0.29) is 5.91 Å². The second kappa shape index (κ2) is 7.73. The lowest BCUT2D eigenvalue weighted by molar-refractivity contribution is 0.0954. The average Bonchev–Trinajstić information content (AvgIpc) is 2.67. The topological polar surface area (TPSA) is 57.6 Å². The van der Waals surface area contributed by atoms with Crippen molar-refractivity contribution in [3.05, 3.63) is 59.9 Å². The minimum atomic E-state index is -0.235. The number of carbonyl (C=O) groups is 1. The number of aromatic nitrogens is 1. The van der Waals surface area contributed by atoms with Gasteiger partial charge in [0, 0.05) is 36.7 Å². The maximum atomic E-state index is 12.0. The Balaban J connectivity index is 1.64. The fraction of sp³-hybridized carbons (Fsp3) is 0.316. The van der Waals surface area contributed by atoms with Gasteiger partial charge in [0.2, 0.25) is 0 Å². The number of hydrazone groups is 1. The lowest BCUT2D eigenvalue weighted by Crippen LogP contribution is -2.29. The largest absolute Gasteiger partial charge is 0.372 e. The van der Waals surface area contributed by atoms with E-state index in [4.69, 9.17) is 0 Å². The Morgan fingerprint density at radius 1 is 1.00 bits per heavy atom. The molecule has 124 valence electrons. The summed E-state index contributed by atoms with van der Waals surface area (Å²) < 4.78 is 0. The summed E-state index contributed by atoms with van der Waals surface area (Å²) in [6.45, 7) is 4.16. The van der Waals surface area contributed by atoms with Crippen molar-refractivity contribution < 1.29 is 4.79 Å². The summed E-state index contributed by atoms with van der Waals surface area (Å²) in [5.41, 5.74) is 6.17. The van der Waals surface area contributed by atoms with Gasteiger partial charge in [-0.3, -0.25) is 9.78 Å². The van der Waals surface area contributed by atoms with Gasteiger partial charge in [0.25, 0.3) is 5.91 Å². The molecular formula is C19H22N4O. The monoisotopic (exact) mass is 322 g/mol. The first-order chi connectivity index (χ1) is 11.7. The molecule has 0 unspecified atom stereocenters. The predicted octanol–water partition coefficient (Wildman–Crippen LogP) is 3.23. The molecule has 0 spiro atoms. The standard InChI is InChI=1S/C19H22N4O/c1-15(21-22-19(24)17-9-11-20-12-10-17)16-5-7-18(8-6-16)23-13-3-2-4-14-23/h5-12H,2-4,13-14H2,1H3,(H,22,24)/b21-15-. The molecule has 3 rings (SSSR count). The zero-order valence-corrected chi connectivity index (χ0v) is 13.9. The van der Waals surface area contributed by atoms with Gasteiger partial charge < -0.3 is 4.90 Å². The van der Waals surface area contributed by atoms with Gasteiger partial charge in [-0.15, -0.1) is 0 Å². The van der Waals surface area contributed by atoms with E-state index in [1.807, 2.05) is 6.92 Å². The molecule has 0 aliphatic carbocycles. The number of anilines is 1. The number of hydrogen-bond donors (Lipinski definition) is 1. The van der Waals surface area contributed by atoms with Crippen LogP contribution in [0.2, 0.25) is 0 Å². The van der Waals surface area contributed by atoms with Crippen LogP contribution in [0.3, 0.4) is 0 Å². The van der Waals surface area contributed by atoms with Crippen molar-refractivity contribution in [2.24, 2.45) is 5.10 Å². The van der Waals surface area contributed by atoms with Crippen LogP contribution in [0.25, 0.3) is 0 Å². The number of nitrogens with one attached hydrogen (secondary N) is 1. The Morgan fingerprint density at radius 3 is 2.33 bits per heavy atom. The minimum Gasteiger partial charge on any atom is -0.372 e. The van der Waals surface area contributed by atoms with Gasteiger partial charge in [-0.1, -0.05) is 12.1 Å². The highest BCUT2D eigenvalue weighted by molar-refractivity contribution is 6.01. The lowest BCUT2D eigenvalue weighted by Gasteiger charge is -2.28. The van der Waals surface area contributed by atoms with Crippen molar-refractivity contribution in [1.82, 2.24) is 10.4 Å². The van der Waals surface area contributed by atoms with Gasteiger partial charge >= 0.3 is 0 Å². The number of carbonyl (C=O) groups excluding carboxylic acids is 1. The molecular weight excluding hydrogens is 300 g/mol. The number of amides is 1. The fourth-order valence-corrected chi connectivity index (χ4v) is 2.83. The molecule has 1 aromatic heterocycles. The summed E-state index contributed by atoms with van der Waals surface area (Å²) >= 11 is 0. The zero-order chi connectivity index (χ0) is 16.8. The highest BCUT2D eigenvalue weighted by atomic mass is 16.2. The zero-order valence-electron chi connectivity index (χ0n) is 13.9. The average molecular weight is 322 g/mol. The summed E-state index contributed by atoms with van der Waals surface area (Å²) in [7, 11) is 0. The van der Waals surface area contributed by atoms with Crippen LogP contribution in [-0.4, -0.2) is 29.7 Å². The van der Waals surface area contributed by atoms with E-state index in [1.165, 1.54) is 24.9 Å². The van der Waals surface area contributed by atoms with Crippen LogP contribution in [0, 0.1) is 0 Å². The predicted molar refractivity (Wildman–Crippen MR) is 96.4 cm³/mol. The Bertz CT molecular complexity index is 704. The van der Waals surface area contributed by atoms with E-state index >= 15 is 0 Å². The smallest absolute Gasteiger partial charge is 0.271 e. The summed E-state index contributed by atoms with van der Waals surface area (Å²) in [5.74, 6) is -0.235. The Labute approximate surface area is 142 Å². The van der Waals surface area contributed by atoms with Crippen molar-refractivity contribution in [2.75, 3.05) is 18.0 Å². The molecule has 5 nitrogen and oxygen atoms in total. The Morgan fingerprint density at radius 2 is 1.67 bits per heavy atom. The SMILES string of the molecule is C/C(=N/NC(=O)c1ccncc1)c1ccc(N2CCCCC2)cc1. The third kappa shape index (κ3) is 3.98. The van der Waals surface area contributed by atoms with Crippen molar-refractivity contribution in [3.63, 3.8) is 0 Å². The van der Waals surface area contributed by atoms with Crippen LogP contribution in [0.4, 0.5) is 5.69 Å². The molecule has 1 aliphatic rings. The van der Waals surface area contributed by atoms with Crippen LogP contribution < -0.4 is 10.3 Å². The van der Waals surface area contributed by atoms with E-state index < -0.39 is 0 Å². The van der Waals surface area contributed by atoms with Gasteiger partial charge in [0.05, 0.1) is 5.71 Å². The first kappa shape index (κ1) is 16.2. The number of hydrogen-bond acceptors (Lipinski definition) is 4. The molecule has 5 heteroatoms. The third-order valence-corrected chi connectivity index (χ3v) is 4.27. The van der Waals surface area contributed by atoms with Gasteiger partial charge in [0.15, 0.2) is 0 Å². The molecule has 0 radical (unpaired) electrons. The molecule has 1 N–H and O–H groups in total. The molecule has 1 aliphatic heterocycles. The molecule has 24 heavy (non-hydrogen) atoms. The maximum Gasteiger partial charge on any atom is 0.271 e. The van der Waals surface area contributed by atoms with Crippen molar-refractivity contribution in [2.45, 2.75) is 26.2 Å². The molecule has 1 aromatic carbocycles. The highest BCUT2D eigenvalue weighted by Crippen LogP contribution is 2.20. The van der Waals surface area contributed by atoms with Crippen molar-refractivity contribution in [3.8, 4) is 0 Å². The van der Waals surface area contributed by atoms with Gasteiger partial charge in [-0.05, 0) is 56.0 Å². The first-order valence-corrected chi connectivity index (χ1v) is 8.34. The second-order valence-electron chi connectivity index (χ2n) is 5.97. The van der Waals surface area contributed by atoms with Crippen LogP contribution >= 0.6 is 0 Å². The lowest BCUT2D eigenvalue weighted by atomic mass is 10.1. The number of nitrogens with zero attached hydrogens (tertiary/aromatic N) is 3. The second-order valence-corrected chi connectivity index (χ2v) is 5.97. The van der Waals surface area contributed by atoms with Crippen LogP contribution in [0.15, 0.2) is 53.9 Å². The highest BCUT2D eigenvalue weighted by Gasteiger charge is 2.11. The molecule has 0 atom stereocenters. The fourth-order valence-electron chi connectivity index (χ4n) is 2.83. The molecule has 0 saturated carbocycles. The van der Waals surface area contributed by atoms with Crippen molar-refractivity contribution in [1.29, 1.82) is 0 Å². The summed E-state index contributed by atoms with van der Waals surface area (Å²) in [6, 6.07) is 11.7. The molecule has 1 saturated heterocycles. The van der Waals surface area contributed by atoms with E-state index in [2.05, 4.69) is 44.7 Å². The van der Waals surface area contributed by atoms with Crippen LogP contribution in [-0.2, 0) is 0 Å². The quantitative estimate of drug-likeness (QED) is 0.694. The molecule has 0 bridgehead atoms. The minimum absolute atomic E-state index is 0.235. The van der Waals surface area contributed by atoms with Crippen LogP contribution in [0.1, 0.15) is 42.1 Å². The van der Waals surface area contributed by atoms with Gasteiger partial charge in [-0.25, -0.2) is 5.43 Å². The molecule has 2 aromatic rings. The molecule has 1 amide bonds. The molecule has 2 heterocycles. The van der Waals surface area contributed by atoms with Gasteiger partial charge in [0.1, 0.15) is 0 Å². The Kier molecular flexibility index (Phi) is 5.21. The van der Waals surface area contributed by atoms with E-state index in [9.17, 15) is 4.79 Å². The normalized spacial score (nSPS) is 15.2. The maximum absolute atomic E-state index is 12.0. The summed E-state index contributed by atoms with van der Waals surface area (Å²) in [4.78, 5) is 18.3. The summed E-state index contributed by atoms with van der Waals surface area (Å²) in [5, 5.41) is 4.20. The first-order valence-electron chi connectivity index (χ1n) is 8.34. The Hall–Kier alpha value is -2.69. The van der Waals surface area contributed by atoms with Crippen molar-refractivity contribution >= 4 is 17.3 Å². The number of rotatable bonds is 4. The van der Waals surface area contributed by atoms with E-state index in [0.29, 0.717) is 5.56 Å². The molecule has 1 fully saturated rings. The number of pyridine rings is 1. The van der Waals surface area contributed by atoms with Crippen LogP contribution in [0.5, 0.6) is 0 Å². The third-order valence-electron chi connectivity index (χ3n) is 4.27. The van der Waals surface area contributed by atoms with Gasteiger partial charge in [-0.2, -0.15) is 5.10 Å².